The van der Waals surface area contributed by atoms with Gasteiger partial charge < -0.3 is 10.0 Å². The minimum atomic E-state index is -0.759. The molecule has 0 spiro atoms. The number of nitrogens with two attached hydrogens (primary N) is 1. The Morgan fingerprint density at radius 3 is 2.92 bits per heavy atom. The molecule has 5 nitrogen and oxygen atoms in total. The van der Waals surface area contributed by atoms with Crippen molar-refractivity contribution in [2.75, 3.05) is 13.1 Å². The first-order valence-corrected chi connectivity index (χ1v) is 4.03. The van der Waals surface area contributed by atoms with Gasteiger partial charge in [0.1, 0.15) is 0 Å². The molecule has 0 saturated carbocycles. The van der Waals surface area contributed by atoms with Crippen molar-refractivity contribution < 1.29 is 9.90 Å². The number of rotatable bonds is 0. The number of hydrogen-bond acceptors (Lipinski definition) is 3. The lowest BCUT2D eigenvalue weighted by Gasteiger charge is -2.36. The summed E-state index contributed by atoms with van der Waals surface area (Å²) in [6.45, 7) is 2.75. The molecule has 0 radical (unpaired) electrons. The maximum absolute atomic E-state index is 11.0. The highest BCUT2D eigenvalue weighted by molar-refractivity contribution is 5.73. The third-order valence-corrected chi connectivity index (χ3v) is 2.09. The van der Waals surface area contributed by atoms with Gasteiger partial charge in [-0.2, -0.15) is 0 Å². The molecule has 1 atom stereocenters. The number of nitrogens with one attached hydrogen (secondary N) is 1. The van der Waals surface area contributed by atoms with Gasteiger partial charge in [-0.1, -0.05) is 0 Å². The second kappa shape index (κ2) is 3.28. The van der Waals surface area contributed by atoms with Gasteiger partial charge in [-0.15, -0.1) is 0 Å². The fourth-order valence-electron chi connectivity index (χ4n) is 1.48. The van der Waals surface area contributed by atoms with Crippen molar-refractivity contribution in [1.82, 2.24) is 10.3 Å². The minimum absolute atomic E-state index is 0.324. The summed E-state index contributed by atoms with van der Waals surface area (Å²) in [5.41, 5.74) is 1.29. The number of piperidine rings is 1. The van der Waals surface area contributed by atoms with Crippen LogP contribution in [-0.2, 0) is 0 Å². The van der Waals surface area contributed by atoms with Gasteiger partial charge in [0.25, 0.3) is 0 Å². The third-order valence-electron chi connectivity index (χ3n) is 2.09. The fraction of sp³-hybridized carbons (Fsp3) is 0.857. The van der Waals surface area contributed by atoms with Gasteiger partial charge in [0, 0.05) is 6.54 Å². The number of urea groups is 1. The lowest BCUT2D eigenvalue weighted by atomic mass is 9.95. The van der Waals surface area contributed by atoms with E-state index in [0.717, 1.165) is 12.8 Å². The topological polar surface area (TPSA) is 78.6 Å². The standard InChI is InChI=1S/C7H15N3O2/c1-7(12)3-2-4-10(5-7)6(11)9-8/h12H,2-5,8H2,1H3,(H,9,11). The highest BCUT2D eigenvalue weighted by atomic mass is 16.3. The molecule has 4 N–H and O–H groups in total. The Hall–Kier alpha value is -0.810. The molecule has 0 bridgehead atoms. The summed E-state index contributed by atoms with van der Waals surface area (Å²) in [6, 6.07) is -0.324. The third kappa shape index (κ3) is 2.09. The summed E-state index contributed by atoms with van der Waals surface area (Å²) >= 11 is 0. The summed E-state index contributed by atoms with van der Waals surface area (Å²) in [5.74, 6) is 4.97. The molecule has 1 aliphatic rings. The summed E-state index contributed by atoms with van der Waals surface area (Å²) in [5, 5.41) is 9.63. The van der Waals surface area contributed by atoms with Crippen LogP contribution in [0.1, 0.15) is 19.8 Å². The highest BCUT2D eigenvalue weighted by Gasteiger charge is 2.30. The first-order valence-electron chi connectivity index (χ1n) is 4.03. The largest absolute Gasteiger partial charge is 0.388 e. The van der Waals surface area contributed by atoms with E-state index in [1.54, 1.807) is 6.92 Å². The van der Waals surface area contributed by atoms with Crippen molar-refractivity contribution in [3.8, 4) is 0 Å². The van der Waals surface area contributed by atoms with Crippen LogP contribution in [0.5, 0.6) is 0 Å². The molecule has 2 amide bonds. The molecule has 5 heteroatoms. The number of nitrogens with zero attached hydrogens (tertiary/aromatic N) is 1. The average molecular weight is 173 g/mol. The SMILES string of the molecule is CC1(O)CCCN(C(=O)NN)C1. The van der Waals surface area contributed by atoms with Crippen molar-refractivity contribution in [3.05, 3.63) is 0 Å². The maximum atomic E-state index is 11.0. The summed E-state index contributed by atoms with van der Waals surface area (Å²) < 4.78 is 0. The quantitative estimate of drug-likeness (QED) is 0.260. The Labute approximate surface area is 71.5 Å². The number of carbonyl (C=O) groups is 1. The lowest BCUT2D eigenvalue weighted by molar-refractivity contribution is -0.00246. The zero-order valence-electron chi connectivity index (χ0n) is 7.21. The van der Waals surface area contributed by atoms with Crippen LogP contribution in [0.3, 0.4) is 0 Å². The Kier molecular flexibility index (Phi) is 2.54. The van der Waals surface area contributed by atoms with Gasteiger partial charge in [0.2, 0.25) is 0 Å². The van der Waals surface area contributed by atoms with Crippen molar-refractivity contribution in [3.63, 3.8) is 0 Å². The maximum Gasteiger partial charge on any atom is 0.331 e. The van der Waals surface area contributed by atoms with Crippen molar-refractivity contribution in [2.24, 2.45) is 5.84 Å². The molecule has 0 aromatic carbocycles. The Bertz CT molecular complexity index is 181. The number of hydrogen-bond donors (Lipinski definition) is 3. The highest BCUT2D eigenvalue weighted by Crippen LogP contribution is 2.19. The molecular weight excluding hydrogens is 158 g/mol. The van der Waals surface area contributed by atoms with Gasteiger partial charge in [0.15, 0.2) is 0 Å². The number of amides is 2. The molecule has 0 aromatic rings. The first-order chi connectivity index (χ1) is 5.55. The predicted octanol–water partition coefficient (Wildman–Crippen LogP) is -0.583. The Morgan fingerprint density at radius 2 is 2.42 bits per heavy atom. The molecule has 70 valence electrons. The van der Waals surface area contributed by atoms with Gasteiger partial charge in [-0.25, -0.2) is 10.6 Å². The van der Waals surface area contributed by atoms with E-state index < -0.39 is 5.60 Å². The molecule has 1 heterocycles. The van der Waals surface area contributed by atoms with Gasteiger partial charge in [-0.3, -0.25) is 5.43 Å². The van der Waals surface area contributed by atoms with Crippen LogP contribution in [0.4, 0.5) is 4.79 Å². The van der Waals surface area contributed by atoms with Crippen LogP contribution in [0, 0.1) is 0 Å². The molecule has 0 aromatic heterocycles. The predicted molar refractivity (Wildman–Crippen MR) is 44.1 cm³/mol. The minimum Gasteiger partial charge on any atom is -0.388 e. The number of hydrazine groups is 1. The summed E-state index contributed by atoms with van der Waals surface area (Å²) in [6.07, 6.45) is 1.56. The van der Waals surface area contributed by atoms with Crippen molar-refractivity contribution >= 4 is 6.03 Å². The molecule has 0 aliphatic carbocycles. The Morgan fingerprint density at radius 1 is 1.75 bits per heavy atom. The summed E-state index contributed by atoms with van der Waals surface area (Å²) in [7, 11) is 0. The summed E-state index contributed by atoms with van der Waals surface area (Å²) in [4.78, 5) is 12.6. The van der Waals surface area contributed by atoms with E-state index in [0.29, 0.717) is 13.1 Å². The van der Waals surface area contributed by atoms with Gasteiger partial charge in [0.05, 0.1) is 12.1 Å². The number of carbonyl (C=O) groups excluding carboxylic acids is 1. The van der Waals surface area contributed by atoms with Crippen LogP contribution in [0.2, 0.25) is 0 Å². The number of β-amino-alcohol motifs (C(OH)–C–C–N with tert-alkyl or cyclic N) is 1. The molecule has 12 heavy (non-hydrogen) atoms. The zero-order chi connectivity index (χ0) is 9.19. The average Bonchev–Trinajstić information content (AvgIpc) is 2.01. The van der Waals surface area contributed by atoms with Crippen LogP contribution in [0.25, 0.3) is 0 Å². The van der Waals surface area contributed by atoms with Gasteiger partial charge in [-0.05, 0) is 19.8 Å². The monoisotopic (exact) mass is 173 g/mol. The molecule has 1 aliphatic heterocycles. The van der Waals surface area contributed by atoms with E-state index in [1.807, 2.05) is 5.43 Å². The van der Waals surface area contributed by atoms with Crippen LogP contribution >= 0.6 is 0 Å². The van der Waals surface area contributed by atoms with E-state index in [2.05, 4.69) is 0 Å². The molecule has 1 unspecified atom stereocenters. The fourth-order valence-corrected chi connectivity index (χ4v) is 1.48. The van der Waals surface area contributed by atoms with Crippen LogP contribution in [-0.4, -0.2) is 34.7 Å². The second-order valence-electron chi connectivity index (χ2n) is 3.47. The van der Waals surface area contributed by atoms with Crippen molar-refractivity contribution in [1.29, 1.82) is 0 Å². The molecule has 1 rings (SSSR count). The van der Waals surface area contributed by atoms with Crippen LogP contribution in [0.15, 0.2) is 0 Å². The molecular formula is C7H15N3O2. The normalized spacial score (nSPS) is 30.1. The van der Waals surface area contributed by atoms with E-state index in [1.165, 1.54) is 4.90 Å². The second-order valence-corrected chi connectivity index (χ2v) is 3.47. The molecule has 1 saturated heterocycles. The first kappa shape index (κ1) is 9.28. The van der Waals surface area contributed by atoms with Gasteiger partial charge >= 0.3 is 6.03 Å². The van der Waals surface area contributed by atoms with E-state index in [4.69, 9.17) is 5.84 Å². The van der Waals surface area contributed by atoms with E-state index in [-0.39, 0.29) is 6.03 Å². The van der Waals surface area contributed by atoms with Crippen molar-refractivity contribution in [2.45, 2.75) is 25.4 Å². The lowest BCUT2D eigenvalue weighted by Crippen LogP contribution is -2.53. The number of likely N-dealkylation sites (tertiary alicyclic amines) is 1. The van der Waals surface area contributed by atoms with E-state index in [9.17, 15) is 9.90 Å². The smallest absolute Gasteiger partial charge is 0.331 e. The number of aliphatic hydroxyl groups is 1. The van der Waals surface area contributed by atoms with Crippen LogP contribution < -0.4 is 11.3 Å². The molecule has 1 fully saturated rings. The Balaban J connectivity index is 2.52. The zero-order valence-corrected chi connectivity index (χ0v) is 7.21. The van der Waals surface area contributed by atoms with E-state index >= 15 is 0 Å².